The predicted molar refractivity (Wildman–Crippen MR) is 81.2 cm³/mol. The molecule has 112 valence electrons. The van der Waals surface area contributed by atoms with Crippen LogP contribution in [-0.4, -0.2) is 20.7 Å². The van der Waals surface area contributed by atoms with Crippen LogP contribution in [0, 0.1) is 17.5 Å². The molecule has 7 heteroatoms. The summed E-state index contributed by atoms with van der Waals surface area (Å²) in [6.45, 7) is 3.85. The van der Waals surface area contributed by atoms with E-state index in [9.17, 15) is 9.18 Å². The van der Waals surface area contributed by atoms with Crippen LogP contribution in [-0.2, 0) is 17.8 Å². The Balaban J connectivity index is 2.11. The van der Waals surface area contributed by atoms with Gasteiger partial charge in [-0.05, 0) is 49.3 Å². The standard InChI is InChI=1S/C14H17FN4OS/c1-3-4-12-17-18-14(21)19(12)8-13(20)16-11-6-9(2)5-10(15)7-11/h5-7H,3-4,8H2,1-2H3,(H,16,20)(H,18,21). The van der Waals surface area contributed by atoms with Crippen molar-refractivity contribution in [1.82, 2.24) is 14.8 Å². The normalized spacial score (nSPS) is 10.6. The van der Waals surface area contributed by atoms with Crippen LogP contribution < -0.4 is 5.32 Å². The van der Waals surface area contributed by atoms with Gasteiger partial charge in [-0.1, -0.05) is 6.92 Å². The van der Waals surface area contributed by atoms with Crippen molar-refractivity contribution in [2.45, 2.75) is 33.2 Å². The summed E-state index contributed by atoms with van der Waals surface area (Å²) in [6.07, 6.45) is 1.64. The smallest absolute Gasteiger partial charge is 0.244 e. The van der Waals surface area contributed by atoms with Crippen LogP contribution in [0.2, 0.25) is 0 Å². The monoisotopic (exact) mass is 308 g/mol. The number of rotatable bonds is 5. The zero-order valence-electron chi connectivity index (χ0n) is 11.9. The molecule has 0 saturated heterocycles. The fourth-order valence-corrected chi connectivity index (χ4v) is 2.30. The van der Waals surface area contributed by atoms with E-state index >= 15 is 0 Å². The number of nitrogens with zero attached hydrogens (tertiary/aromatic N) is 2. The number of anilines is 1. The number of nitrogens with one attached hydrogen (secondary N) is 2. The fourth-order valence-electron chi connectivity index (χ4n) is 2.08. The quantitative estimate of drug-likeness (QED) is 0.835. The molecule has 0 fully saturated rings. The Labute approximate surface area is 127 Å². The first-order chi connectivity index (χ1) is 9.99. The summed E-state index contributed by atoms with van der Waals surface area (Å²) < 4.78 is 15.4. The molecule has 0 atom stereocenters. The molecule has 0 aliphatic carbocycles. The van der Waals surface area contributed by atoms with Gasteiger partial charge in [0, 0.05) is 12.1 Å². The van der Waals surface area contributed by atoms with Crippen LogP contribution >= 0.6 is 12.2 Å². The Kier molecular flexibility index (Phi) is 4.85. The minimum absolute atomic E-state index is 0.0558. The van der Waals surface area contributed by atoms with Crippen molar-refractivity contribution in [3.05, 3.63) is 40.2 Å². The lowest BCUT2D eigenvalue weighted by atomic mass is 10.2. The van der Waals surface area contributed by atoms with E-state index in [1.807, 2.05) is 6.92 Å². The van der Waals surface area contributed by atoms with Crippen LogP contribution in [0.1, 0.15) is 24.7 Å². The Morgan fingerprint density at radius 2 is 2.24 bits per heavy atom. The van der Waals surface area contributed by atoms with Crippen LogP contribution in [0.4, 0.5) is 10.1 Å². The second-order valence-corrected chi connectivity index (χ2v) is 5.23. The number of hydrogen-bond acceptors (Lipinski definition) is 3. The van der Waals surface area contributed by atoms with Crippen LogP contribution in [0.15, 0.2) is 18.2 Å². The van der Waals surface area contributed by atoms with Gasteiger partial charge in [-0.25, -0.2) is 4.39 Å². The molecule has 0 aliphatic rings. The van der Waals surface area contributed by atoms with Crippen LogP contribution in [0.3, 0.4) is 0 Å². The molecule has 2 aromatic rings. The Hall–Kier alpha value is -2.02. The van der Waals surface area contributed by atoms with Crippen molar-refractivity contribution in [2.24, 2.45) is 0 Å². The molecule has 0 bridgehead atoms. The average molecular weight is 308 g/mol. The molecule has 1 aromatic heterocycles. The Morgan fingerprint density at radius 3 is 2.90 bits per heavy atom. The Bertz CT molecular complexity index is 687. The summed E-state index contributed by atoms with van der Waals surface area (Å²) in [4.78, 5) is 12.1. The molecular weight excluding hydrogens is 291 g/mol. The number of carbonyl (C=O) groups excluding carboxylic acids is 1. The van der Waals surface area contributed by atoms with E-state index in [1.165, 1.54) is 12.1 Å². The largest absolute Gasteiger partial charge is 0.324 e. The summed E-state index contributed by atoms with van der Waals surface area (Å²) in [6, 6.07) is 4.40. The molecule has 0 spiro atoms. The van der Waals surface area contributed by atoms with Gasteiger partial charge in [0.2, 0.25) is 5.91 Å². The second-order valence-electron chi connectivity index (χ2n) is 4.85. The maximum atomic E-state index is 13.3. The van der Waals surface area contributed by atoms with Gasteiger partial charge in [-0.15, -0.1) is 0 Å². The molecule has 0 saturated carbocycles. The minimum Gasteiger partial charge on any atom is -0.324 e. The van der Waals surface area contributed by atoms with Crippen molar-refractivity contribution in [3.8, 4) is 0 Å². The molecule has 5 nitrogen and oxygen atoms in total. The van der Waals surface area contributed by atoms with E-state index in [4.69, 9.17) is 12.2 Å². The first-order valence-corrected chi connectivity index (χ1v) is 7.11. The van der Waals surface area contributed by atoms with E-state index in [-0.39, 0.29) is 18.3 Å². The van der Waals surface area contributed by atoms with E-state index in [2.05, 4.69) is 15.5 Å². The minimum atomic E-state index is -0.378. The van der Waals surface area contributed by atoms with Gasteiger partial charge < -0.3 is 5.32 Å². The molecule has 1 amide bonds. The Morgan fingerprint density at radius 1 is 1.48 bits per heavy atom. The SMILES string of the molecule is CCCc1n[nH]c(=S)n1CC(=O)Nc1cc(C)cc(F)c1. The third-order valence-electron chi connectivity index (χ3n) is 2.94. The van der Waals surface area contributed by atoms with Crippen molar-refractivity contribution in [2.75, 3.05) is 5.32 Å². The van der Waals surface area contributed by atoms with Crippen molar-refractivity contribution < 1.29 is 9.18 Å². The predicted octanol–water partition coefficient (Wildman–Crippen LogP) is 2.98. The summed E-state index contributed by atoms with van der Waals surface area (Å²) in [5.74, 6) is 0.0971. The first-order valence-electron chi connectivity index (χ1n) is 6.70. The summed E-state index contributed by atoms with van der Waals surface area (Å²) >= 11 is 5.12. The lowest BCUT2D eigenvalue weighted by Gasteiger charge is -2.08. The topological polar surface area (TPSA) is 62.7 Å². The molecule has 1 aromatic carbocycles. The van der Waals surface area contributed by atoms with E-state index < -0.39 is 0 Å². The third kappa shape index (κ3) is 3.98. The van der Waals surface area contributed by atoms with E-state index in [0.29, 0.717) is 10.5 Å². The average Bonchev–Trinajstić information content (AvgIpc) is 2.70. The van der Waals surface area contributed by atoms with Crippen LogP contribution in [0.5, 0.6) is 0 Å². The number of aryl methyl sites for hydroxylation is 2. The summed E-state index contributed by atoms with van der Waals surface area (Å²) in [5, 5.41) is 9.46. The van der Waals surface area contributed by atoms with Gasteiger partial charge >= 0.3 is 0 Å². The second kappa shape index (κ2) is 6.62. The van der Waals surface area contributed by atoms with Gasteiger partial charge in [-0.2, -0.15) is 5.10 Å². The number of H-pyrrole nitrogens is 1. The number of halogens is 1. The number of aromatic amines is 1. The molecule has 2 N–H and O–H groups in total. The van der Waals surface area contributed by atoms with Crippen molar-refractivity contribution >= 4 is 23.8 Å². The van der Waals surface area contributed by atoms with Gasteiger partial charge in [0.25, 0.3) is 0 Å². The highest BCUT2D eigenvalue weighted by atomic mass is 32.1. The number of amides is 1. The maximum Gasteiger partial charge on any atom is 0.244 e. The van der Waals surface area contributed by atoms with Gasteiger partial charge in [-0.3, -0.25) is 14.5 Å². The lowest BCUT2D eigenvalue weighted by molar-refractivity contribution is -0.116. The molecule has 0 unspecified atom stereocenters. The summed E-state index contributed by atoms with van der Waals surface area (Å²) in [5.41, 5.74) is 1.18. The van der Waals surface area contributed by atoms with E-state index in [1.54, 1.807) is 17.6 Å². The number of benzene rings is 1. The molecule has 21 heavy (non-hydrogen) atoms. The molecule has 0 aliphatic heterocycles. The zero-order chi connectivity index (χ0) is 15.4. The van der Waals surface area contributed by atoms with Crippen molar-refractivity contribution in [3.63, 3.8) is 0 Å². The maximum absolute atomic E-state index is 13.3. The fraction of sp³-hybridized carbons (Fsp3) is 0.357. The third-order valence-corrected chi connectivity index (χ3v) is 3.25. The van der Waals surface area contributed by atoms with Gasteiger partial charge in [0.05, 0.1) is 0 Å². The molecular formula is C14H17FN4OS. The number of hydrogen-bond donors (Lipinski definition) is 2. The number of carbonyl (C=O) groups is 1. The first kappa shape index (κ1) is 15.4. The summed E-state index contributed by atoms with van der Waals surface area (Å²) in [7, 11) is 0. The highest BCUT2D eigenvalue weighted by Crippen LogP contribution is 2.13. The van der Waals surface area contributed by atoms with Gasteiger partial charge in [0.1, 0.15) is 18.2 Å². The van der Waals surface area contributed by atoms with E-state index in [0.717, 1.165) is 24.2 Å². The highest BCUT2D eigenvalue weighted by molar-refractivity contribution is 7.71. The lowest BCUT2D eigenvalue weighted by Crippen LogP contribution is -2.20. The number of aromatic nitrogens is 3. The van der Waals surface area contributed by atoms with Gasteiger partial charge in [0.15, 0.2) is 4.77 Å². The van der Waals surface area contributed by atoms with Crippen molar-refractivity contribution in [1.29, 1.82) is 0 Å². The molecule has 2 rings (SSSR count). The zero-order valence-corrected chi connectivity index (χ0v) is 12.8. The highest BCUT2D eigenvalue weighted by Gasteiger charge is 2.10. The van der Waals surface area contributed by atoms with Crippen LogP contribution in [0.25, 0.3) is 0 Å². The molecule has 1 heterocycles. The molecule has 0 radical (unpaired) electrons.